The zero-order chi connectivity index (χ0) is 18.1. The first-order valence-electron chi connectivity index (χ1n) is 9.14. The molecule has 2 fully saturated rings. The molecular weight excluding hydrogens is 332 g/mol. The summed E-state index contributed by atoms with van der Waals surface area (Å²) in [7, 11) is 1.81. The molecule has 0 unspecified atom stereocenters. The van der Waals surface area contributed by atoms with Gasteiger partial charge in [-0.05, 0) is 31.6 Å². The van der Waals surface area contributed by atoms with Gasteiger partial charge in [-0.2, -0.15) is 5.10 Å². The largest absolute Gasteiger partial charge is 0.342 e. The molecule has 4 rings (SSSR count). The Balaban J connectivity index is 1.50. The first kappa shape index (κ1) is 16.8. The van der Waals surface area contributed by atoms with Gasteiger partial charge in [0.05, 0.1) is 6.33 Å². The second kappa shape index (κ2) is 6.59. The van der Waals surface area contributed by atoms with Crippen LogP contribution in [0.3, 0.4) is 0 Å². The lowest BCUT2D eigenvalue weighted by molar-refractivity contribution is -0.137. The number of aromatic nitrogens is 4. The van der Waals surface area contributed by atoms with E-state index in [-0.39, 0.29) is 11.8 Å². The SMILES string of the molecule is Cn1ccc(NC(=O)C2(n3ccnc3)CCN(C(=O)CC3CC3)CC2)n1. The topological polar surface area (TPSA) is 85.0 Å². The minimum atomic E-state index is -0.746. The fourth-order valence-corrected chi connectivity index (χ4v) is 3.65. The zero-order valence-corrected chi connectivity index (χ0v) is 15.0. The Morgan fingerprint density at radius 3 is 2.62 bits per heavy atom. The van der Waals surface area contributed by atoms with Crippen molar-refractivity contribution in [3.05, 3.63) is 31.0 Å². The van der Waals surface area contributed by atoms with Crippen LogP contribution in [0.1, 0.15) is 32.1 Å². The number of anilines is 1. The number of nitrogens with one attached hydrogen (secondary N) is 1. The highest BCUT2D eigenvalue weighted by atomic mass is 16.2. The molecule has 1 aliphatic heterocycles. The summed E-state index contributed by atoms with van der Waals surface area (Å²) in [4.78, 5) is 31.6. The third-order valence-corrected chi connectivity index (χ3v) is 5.48. The van der Waals surface area contributed by atoms with Gasteiger partial charge in [-0.25, -0.2) is 4.98 Å². The van der Waals surface area contributed by atoms with Crippen LogP contribution in [0.2, 0.25) is 0 Å². The van der Waals surface area contributed by atoms with E-state index in [1.54, 1.807) is 29.5 Å². The summed E-state index contributed by atoms with van der Waals surface area (Å²) in [6, 6.07) is 1.77. The standard InChI is InChI=1S/C18H24N6O2/c1-22-8-4-15(21-22)20-17(26)18(24-11-7-19-13-24)5-9-23(10-6-18)16(25)12-14-2-3-14/h4,7-8,11,13-14H,2-3,5-6,9-10,12H2,1H3,(H,20,21,26). The van der Waals surface area contributed by atoms with Crippen LogP contribution >= 0.6 is 0 Å². The van der Waals surface area contributed by atoms with Gasteiger partial charge in [0.15, 0.2) is 5.82 Å². The summed E-state index contributed by atoms with van der Waals surface area (Å²) in [6.45, 7) is 1.17. The maximum atomic E-state index is 13.1. The second-order valence-corrected chi connectivity index (χ2v) is 7.36. The quantitative estimate of drug-likeness (QED) is 0.877. The van der Waals surface area contributed by atoms with Gasteiger partial charge in [0.25, 0.3) is 5.91 Å². The van der Waals surface area contributed by atoms with E-state index in [0.717, 1.165) is 0 Å². The molecule has 8 nitrogen and oxygen atoms in total. The van der Waals surface area contributed by atoms with Gasteiger partial charge in [-0.3, -0.25) is 14.3 Å². The van der Waals surface area contributed by atoms with E-state index in [1.807, 2.05) is 22.7 Å². The number of piperidine rings is 1. The highest BCUT2D eigenvalue weighted by molar-refractivity contribution is 5.96. The van der Waals surface area contributed by atoms with Crippen LogP contribution in [-0.2, 0) is 22.2 Å². The van der Waals surface area contributed by atoms with Crippen molar-refractivity contribution in [3.63, 3.8) is 0 Å². The van der Waals surface area contributed by atoms with Crippen molar-refractivity contribution in [2.45, 2.75) is 37.6 Å². The Morgan fingerprint density at radius 2 is 2.04 bits per heavy atom. The number of hydrogen-bond donors (Lipinski definition) is 1. The maximum absolute atomic E-state index is 13.1. The lowest BCUT2D eigenvalue weighted by Crippen LogP contribution is -2.54. The highest BCUT2D eigenvalue weighted by Crippen LogP contribution is 2.35. The van der Waals surface area contributed by atoms with Crippen molar-refractivity contribution >= 4 is 17.6 Å². The molecule has 26 heavy (non-hydrogen) atoms. The summed E-state index contributed by atoms with van der Waals surface area (Å²) in [5, 5.41) is 7.16. The maximum Gasteiger partial charge on any atom is 0.251 e. The number of rotatable bonds is 5. The molecule has 0 bridgehead atoms. The number of carbonyl (C=O) groups is 2. The highest BCUT2D eigenvalue weighted by Gasteiger charge is 2.44. The van der Waals surface area contributed by atoms with Gasteiger partial charge in [-0.1, -0.05) is 0 Å². The Labute approximate surface area is 152 Å². The molecule has 8 heteroatoms. The molecule has 3 heterocycles. The van der Waals surface area contributed by atoms with Crippen molar-refractivity contribution in [3.8, 4) is 0 Å². The molecule has 1 saturated carbocycles. The lowest BCUT2D eigenvalue weighted by atomic mass is 9.85. The van der Waals surface area contributed by atoms with E-state index in [2.05, 4.69) is 15.4 Å². The summed E-state index contributed by atoms with van der Waals surface area (Å²) >= 11 is 0. The van der Waals surface area contributed by atoms with Crippen molar-refractivity contribution < 1.29 is 9.59 Å². The molecule has 0 atom stereocenters. The summed E-state index contributed by atoms with van der Waals surface area (Å²) in [6.07, 6.45) is 11.1. The van der Waals surface area contributed by atoms with Crippen LogP contribution in [0.15, 0.2) is 31.0 Å². The van der Waals surface area contributed by atoms with Crippen molar-refractivity contribution in [2.24, 2.45) is 13.0 Å². The molecule has 1 N–H and O–H groups in total. The minimum Gasteiger partial charge on any atom is -0.342 e. The average molecular weight is 356 g/mol. The number of hydrogen-bond acceptors (Lipinski definition) is 4. The Kier molecular flexibility index (Phi) is 4.26. The summed E-state index contributed by atoms with van der Waals surface area (Å²) < 4.78 is 3.52. The normalized spacial score (nSPS) is 19.3. The molecule has 1 saturated heterocycles. The smallest absolute Gasteiger partial charge is 0.251 e. The van der Waals surface area contributed by atoms with Crippen molar-refractivity contribution in [2.75, 3.05) is 18.4 Å². The molecule has 2 aromatic heterocycles. The van der Waals surface area contributed by atoms with E-state index in [9.17, 15) is 9.59 Å². The van der Waals surface area contributed by atoms with Crippen LogP contribution < -0.4 is 5.32 Å². The average Bonchev–Trinajstić information content (AvgIpc) is 3.10. The molecule has 0 spiro atoms. The zero-order valence-electron chi connectivity index (χ0n) is 15.0. The number of imidazole rings is 1. The Bertz CT molecular complexity index is 784. The van der Waals surface area contributed by atoms with Gasteiger partial charge in [0.2, 0.25) is 5.91 Å². The number of likely N-dealkylation sites (tertiary alicyclic amines) is 1. The molecule has 2 aromatic rings. The van der Waals surface area contributed by atoms with E-state index in [0.29, 0.717) is 44.1 Å². The van der Waals surface area contributed by atoms with Crippen LogP contribution in [0.5, 0.6) is 0 Å². The number of amides is 2. The van der Waals surface area contributed by atoms with Crippen LogP contribution in [0, 0.1) is 5.92 Å². The van der Waals surface area contributed by atoms with Gasteiger partial charge in [0, 0.05) is 51.2 Å². The predicted octanol–water partition coefficient (Wildman–Crippen LogP) is 1.37. The third-order valence-electron chi connectivity index (χ3n) is 5.48. The van der Waals surface area contributed by atoms with E-state index in [4.69, 9.17) is 0 Å². The lowest BCUT2D eigenvalue weighted by Gasteiger charge is -2.41. The molecule has 2 aliphatic rings. The molecular formula is C18H24N6O2. The monoisotopic (exact) mass is 356 g/mol. The van der Waals surface area contributed by atoms with Gasteiger partial charge in [0.1, 0.15) is 5.54 Å². The van der Waals surface area contributed by atoms with Gasteiger partial charge < -0.3 is 14.8 Å². The molecule has 0 radical (unpaired) electrons. The van der Waals surface area contributed by atoms with Gasteiger partial charge >= 0.3 is 0 Å². The van der Waals surface area contributed by atoms with Crippen LogP contribution in [0.25, 0.3) is 0 Å². The number of nitrogens with zero attached hydrogens (tertiary/aromatic N) is 5. The van der Waals surface area contributed by atoms with E-state index in [1.165, 1.54) is 12.8 Å². The fraction of sp³-hybridized carbons (Fsp3) is 0.556. The first-order valence-corrected chi connectivity index (χ1v) is 9.14. The van der Waals surface area contributed by atoms with Crippen molar-refractivity contribution in [1.82, 2.24) is 24.2 Å². The number of aryl methyl sites for hydroxylation is 1. The number of carbonyl (C=O) groups excluding carboxylic acids is 2. The predicted molar refractivity (Wildman–Crippen MR) is 95.2 cm³/mol. The minimum absolute atomic E-state index is 0.108. The summed E-state index contributed by atoms with van der Waals surface area (Å²) in [5.74, 6) is 1.22. The van der Waals surface area contributed by atoms with Crippen molar-refractivity contribution in [1.29, 1.82) is 0 Å². The van der Waals surface area contributed by atoms with E-state index < -0.39 is 5.54 Å². The fourth-order valence-electron chi connectivity index (χ4n) is 3.65. The third kappa shape index (κ3) is 3.23. The Hall–Kier alpha value is -2.64. The van der Waals surface area contributed by atoms with E-state index >= 15 is 0 Å². The first-order chi connectivity index (χ1) is 12.6. The molecule has 0 aromatic carbocycles. The Morgan fingerprint density at radius 1 is 1.27 bits per heavy atom. The molecule has 2 amide bonds. The van der Waals surface area contributed by atoms with Crippen LogP contribution in [-0.4, -0.2) is 49.1 Å². The molecule has 138 valence electrons. The summed E-state index contributed by atoms with van der Waals surface area (Å²) in [5.41, 5.74) is -0.746. The molecule has 1 aliphatic carbocycles. The van der Waals surface area contributed by atoms with Gasteiger partial charge in [-0.15, -0.1) is 0 Å². The van der Waals surface area contributed by atoms with Crippen LogP contribution in [0.4, 0.5) is 5.82 Å². The second-order valence-electron chi connectivity index (χ2n) is 7.36.